The summed E-state index contributed by atoms with van der Waals surface area (Å²) >= 11 is 0. The van der Waals surface area contributed by atoms with Crippen molar-refractivity contribution in [1.29, 1.82) is 0 Å². The smallest absolute Gasteiger partial charge is 0.327 e. The van der Waals surface area contributed by atoms with Crippen molar-refractivity contribution in [3.05, 3.63) is 29.6 Å². The molecule has 2 unspecified atom stereocenters. The van der Waals surface area contributed by atoms with Crippen LogP contribution in [0.25, 0.3) is 0 Å². The summed E-state index contributed by atoms with van der Waals surface area (Å²) in [6.45, 7) is 3.50. The zero-order chi connectivity index (χ0) is 11.6. The third-order valence-electron chi connectivity index (χ3n) is 2.36. The number of pyridine rings is 1. The lowest BCUT2D eigenvalue weighted by atomic mass is 9.99. The first-order valence-corrected chi connectivity index (χ1v) is 4.61. The average molecular weight is 218 g/mol. The Hall–Kier alpha value is -1.10. The molecule has 15 heavy (non-hydrogen) atoms. The Bertz CT molecular complexity index is 334. The molecule has 0 aliphatic carbocycles. The van der Waals surface area contributed by atoms with Gasteiger partial charge in [0.2, 0.25) is 0 Å². The SMILES string of the molecule is CC(N)C(C)c1cc(C(F)(F)F)ccn1. The van der Waals surface area contributed by atoms with Gasteiger partial charge in [-0.2, -0.15) is 13.2 Å². The molecule has 0 aliphatic heterocycles. The van der Waals surface area contributed by atoms with Gasteiger partial charge in [-0.25, -0.2) is 0 Å². The Balaban J connectivity index is 3.03. The van der Waals surface area contributed by atoms with E-state index < -0.39 is 11.7 Å². The fourth-order valence-electron chi connectivity index (χ4n) is 1.14. The second kappa shape index (κ2) is 4.18. The maximum absolute atomic E-state index is 12.4. The number of alkyl halides is 3. The van der Waals surface area contributed by atoms with Crippen molar-refractivity contribution in [2.24, 2.45) is 5.73 Å². The number of rotatable bonds is 2. The first-order valence-electron chi connectivity index (χ1n) is 4.61. The van der Waals surface area contributed by atoms with E-state index in [1.54, 1.807) is 13.8 Å². The van der Waals surface area contributed by atoms with Crippen LogP contribution in [-0.4, -0.2) is 11.0 Å². The Kier molecular flexibility index (Phi) is 3.34. The molecule has 5 heteroatoms. The van der Waals surface area contributed by atoms with Crippen molar-refractivity contribution >= 4 is 0 Å². The zero-order valence-corrected chi connectivity index (χ0v) is 8.55. The minimum Gasteiger partial charge on any atom is -0.327 e. The highest BCUT2D eigenvalue weighted by molar-refractivity contribution is 5.22. The molecule has 1 aromatic heterocycles. The Morgan fingerprint density at radius 2 is 1.93 bits per heavy atom. The van der Waals surface area contributed by atoms with E-state index in [4.69, 9.17) is 5.73 Å². The van der Waals surface area contributed by atoms with E-state index in [2.05, 4.69) is 4.98 Å². The number of halogens is 3. The van der Waals surface area contributed by atoms with Crippen molar-refractivity contribution in [2.75, 3.05) is 0 Å². The van der Waals surface area contributed by atoms with Gasteiger partial charge >= 0.3 is 6.18 Å². The van der Waals surface area contributed by atoms with E-state index >= 15 is 0 Å². The van der Waals surface area contributed by atoms with Gasteiger partial charge in [0.1, 0.15) is 0 Å². The van der Waals surface area contributed by atoms with Crippen LogP contribution in [0.2, 0.25) is 0 Å². The van der Waals surface area contributed by atoms with Crippen LogP contribution in [0.5, 0.6) is 0 Å². The van der Waals surface area contributed by atoms with Gasteiger partial charge < -0.3 is 5.73 Å². The minimum absolute atomic E-state index is 0.188. The first kappa shape index (κ1) is 12.0. The average Bonchev–Trinajstić information content (AvgIpc) is 2.15. The molecule has 0 saturated heterocycles. The summed E-state index contributed by atoms with van der Waals surface area (Å²) in [7, 11) is 0. The number of hydrogen-bond acceptors (Lipinski definition) is 2. The molecule has 0 aromatic carbocycles. The van der Waals surface area contributed by atoms with Crippen LogP contribution >= 0.6 is 0 Å². The molecule has 0 fully saturated rings. The number of hydrogen-bond donors (Lipinski definition) is 1. The van der Waals surface area contributed by atoms with Crippen molar-refractivity contribution in [2.45, 2.75) is 32.0 Å². The maximum atomic E-state index is 12.4. The predicted octanol–water partition coefficient (Wildman–Crippen LogP) is 2.55. The Morgan fingerprint density at radius 3 is 2.40 bits per heavy atom. The van der Waals surface area contributed by atoms with Gasteiger partial charge in [0.15, 0.2) is 0 Å². The predicted molar refractivity (Wildman–Crippen MR) is 51.3 cm³/mol. The van der Waals surface area contributed by atoms with Crippen molar-refractivity contribution in [3.63, 3.8) is 0 Å². The van der Waals surface area contributed by atoms with Gasteiger partial charge in [0.25, 0.3) is 0 Å². The minimum atomic E-state index is -4.32. The van der Waals surface area contributed by atoms with Gasteiger partial charge in [0, 0.05) is 23.9 Å². The van der Waals surface area contributed by atoms with E-state index in [0.29, 0.717) is 5.69 Å². The highest BCUT2D eigenvalue weighted by atomic mass is 19.4. The molecular formula is C10H13F3N2. The molecule has 0 radical (unpaired) electrons. The zero-order valence-electron chi connectivity index (χ0n) is 8.55. The lowest BCUT2D eigenvalue weighted by Crippen LogP contribution is -2.23. The van der Waals surface area contributed by atoms with E-state index in [1.165, 1.54) is 0 Å². The van der Waals surface area contributed by atoms with Gasteiger partial charge in [-0.05, 0) is 19.1 Å². The molecule has 0 aliphatic rings. The normalized spacial score (nSPS) is 16.1. The third kappa shape index (κ3) is 2.92. The van der Waals surface area contributed by atoms with Crippen LogP contribution in [-0.2, 0) is 6.18 Å². The summed E-state index contributed by atoms with van der Waals surface area (Å²) in [5.74, 6) is -0.188. The molecule has 84 valence electrons. The molecule has 2 N–H and O–H groups in total. The van der Waals surface area contributed by atoms with E-state index in [1.807, 2.05) is 0 Å². The fraction of sp³-hybridized carbons (Fsp3) is 0.500. The highest BCUT2D eigenvalue weighted by Gasteiger charge is 2.31. The summed E-state index contributed by atoms with van der Waals surface area (Å²) < 4.78 is 37.1. The highest BCUT2D eigenvalue weighted by Crippen LogP contribution is 2.30. The van der Waals surface area contributed by atoms with E-state index in [0.717, 1.165) is 18.3 Å². The monoisotopic (exact) mass is 218 g/mol. The third-order valence-corrected chi connectivity index (χ3v) is 2.36. The molecule has 0 saturated carbocycles. The van der Waals surface area contributed by atoms with Crippen LogP contribution in [0.3, 0.4) is 0 Å². The van der Waals surface area contributed by atoms with Crippen LogP contribution in [0, 0.1) is 0 Å². The number of nitrogens with two attached hydrogens (primary N) is 1. The van der Waals surface area contributed by atoms with Crippen LogP contribution in [0.15, 0.2) is 18.3 Å². The van der Waals surface area contributed by atoms with Crippen LogP contribution in [0.1, 0.15) is 31.0 Å². The molecule has 2 nitrogen and oxygen atoms in total. The molecule has 0 spiro atoms. The van der Waals surface area contributed by atoms with Crippen LogP contribution in [0.4, 0.5) is 13.2 Å². The topological polar surface area (TPSA) is 38.9 Å². The van der Waals surface area contributed by atoms with Crippen molar-refractivity contribution in [3.8, 4) is 0 Å². The van der Waals surface area contributed by atoms with Crippen molar-refractivity contribution < 1.29 is 13.2 Å². The summed E-state index contributed by atoms with van der Waals surface area (Å²) in [5.41, 5.74) is 5.30. The number of nitrogens with zero attached hydrogens (tertiary/aromatic N) is 1. The van der Waals surface area contributed by atoms with E-state index in [9.17, 15) is 13.2 Å². The molecular weight excluding hydrogens is 205 g/mol. The van der Waals surface area contributed by atoms with Gasteiger partial charge in [-0.3, -0.25) is 4.98 Å². The van der Waals surface area contributed by atoms with Crippen molar-refractivity contribution in [1.82, 2.24) is 4.98 Å². The first-order chi connectivity index (χ1) is 6.82. The largest absolute Gasteiger partial charge is 0.416 e. The second-order valence-corrected chi connectivity index (χ2v) is 3.61. The number of aromatic nitrogens is 1. The molecule has 0 amide bonds. The quantitative estimate of drug-likeness (QED) is 0.828. The fourth-order valence-corrected chi connectivity index (χ4v) is 1.14. The van der Waals surface area contributed by atoms with Gasteiger partial charge in [-0.1, -0.05) is 6.92 Å². The standard InChI is InChI=1S/C10H13F3N2/c1-6(7(2)14)9-5-8(3-4-15-9)10(11,12)13/h3-7H,14H2,1-2H3. The lowest BCUT2D eigenvalue weighted by molar-refractivity contribution is -0.137. The summed E-state index contributed by atoms with van der Waals surface area (Å²) in [6, 6.07) is 1.78. The molecule has 0 bridgehead atoms. The summed E-state index contributed by atoms with van der Waals surface area (Å²) in [6.07, 6.45) is -3.16. The Labute approximate surface area is 86.3 Å². The maximum Gasteiger partial charge on any atom is 0.416 e. The summed E-state index contributed by atoms with van der Waals surface area (Å²) in [4.78, 5) is 3.89. The Morgan fingerprint density at radius 1 is 1.33 bits per heavy atom. The summed E-state index contributed by atoms with van der Waals surface area (Å²) in [5, 5.41) is 0. The van der Waals surface area contributed by atoms with E-state index in [-0.39, 0.29) is 12.0 Å². The van der Waals surface area contributed by atoms with Gasteiger partial charge in [0.05, 0.1) is 5.56 Å². The van der Waals surface area contributed by atoms with Gasteiger partial charge in [-0.15, -0.1) is 0 Å². The molecule has 1 rings (SSSR count). The second-order valence-electron chi connectivity index (χ2n) is 3.61. The lowest BCUT2D eigenvalue weighted by Gasteiger charge is -2.16. The molecule has 2 atom stereocenters. The molecule has 1 heterocycles. The van der Waals surface area contributed by atoms with Crippen LogP contribution < -0.4 is 5.73 Å². The molecule has 1 aromatic rings.